The molecule has 0 amide bonds. The Kier molecular flexibility index (Phi) is 15.9. The van der Waals surface area contributed by atoms with Gasteiger partial charge in [-0.2, -0.15) is 65.9 Å². The Hall–Kier alpha value is -2.11. The molecule has 0 heterocycles. The second kappa shape index (κ2) is 16.6. The van der Waals surface area contributed by atoms with Crippen LogP contribution in [0.5, 0.6) is 0 Å². The number of unbranched alkanes of at least 4 members (excludes halogenated alkanes) is 8. The Morgan fingerprint density at radius 2 is 0.889 bits per heavy atom. The molecular weight excluding hydrogens is 661 g/mol. The van der Waals surface area contributed by atoms with Gasteiger partial charge in [0.05, 0.1) is 6.42 Å². The van der Waals surface area contributed by atoms with Crippen LogP contribution in [0.25, 0.3) is 0 Å². The lowest BCUT2D eigenvalue weighted by Gasteiger charge is -2.41. The SMILES string of the molecule is CCCCCCCC(=O)OCC(CC(F)(F)C(F)(F)C(F)(F)C(F)(F)C(F)(F)C(F)(F)C(F)(F)F)OC(=O)CCCCCCC. The van der Waals surface area contributed by atoms with Crippen LogP contribution in [0.4, 0.5) is 65.9 Å². The van der Waals surface area contributed by atoms with Gasteiger partial charge in [0.2, 0.25) is 0 Å². The van der Waals surface area contributed by atoms with Gasteiger partial charge in [-0.25, -0.2) is 0 Å². The van der Waals surface area contributed by atoms with Crippen LogP contribution in [0.2, 0.25) is 0 Å². The van der Waals surface area contributed by atoms with Gasteiger partial charge in [-0.1, -0.05) is 65.2 Å². The summed E-state index contributed by atoms with van der Waals surface area (Å²) >= 11 is 0. The van der Waals surface area contributed by atoms with Crippen LogP contribution in [-0.4, -0.2) is 66.4 Å². The molecule has 0 fully saturated rings. The molecular formula is C26H35F15O4. The molecule has 45 heavy (non-hydrogen) atoms. The quantitative estimate of drug-likeness (QED) is 0.0643. The highest BCUT2D eigenvalue weighted by Gasteiger charge is 2.93. The van der Waals surface area contributed by atoms with E-state index < -0.39 is 79.2 Å². The van der Waals surface area contributed by atoms with Crippen LogP contribution in [0, 0.1) is 0 Å². The fourth-order valence-corrected chi connectivity index (χ4v) is 3.80. The van der Waals surface area contributed by atoms with E-state index in [1.54, 1.807) is 0 Å². The third kappa shape index (κ3) is 10.4. The summed E-state index contributed by atoms with van der Waals surface area (Å²) < 4.78 is 212. The molecule has 4 nitrogen and oxygen atoms in total. The molecule has 0 saturated heterocycles. The smallest absolute Gasteiger partial charge is 0.460 e. The van der Waals surface area contributed by atoms with Crippen molar-refractivity contribution in [2.45, 2.75) is 145 Å². The summed E-state index contributed by atoms with van der Waals surface area (Å²) in [6, 6.07) is 0. The topological polar surface area (TPSA) is 52.6 Å². The summed E-state index contributed by atoms with van der Waals surface area (Å²) in [7, 11) is 0. The van der Waals surface area contributed by atoms with E-state index in [0.717, 1.165) is 25.7 Å². The molecule has 0 rings (SSSR count). The van der Waals surface area contributed by atoms with Crippen molar-refractivity contribution in [3.05, 3.63) is 0 Å². The van der Waals surface area contributed by atoms with E-state index in [2.05, 4.69) is 9.47 Å². The number of esters is 2. The lowest BCUT2D eigenvalue weighted by atomic mass is 9.89. The molecule has 19 heteroatoms. The summed E-state index contributed by atoms with van der Waals surface area (Å²) in [6.45, 7) is 2.18. The monoisotopic (exact) mass is 696 g/mol. The molecule has 1 unspecified atom stereocenters. The Labute approximate surface area is 249 Å². The van der Waals surface area contributed by atoms with Gasteiger partial charge in [0.15, 0.2) is 0 Å². The highest BCUT2D eigenvalue weighted by atomic mass is 19.4. The molecule has 0 bridgehead atoms. The lowest BCUT2D eigenvalue weighted by Crippen LogP contribution is -2.72. The fraction of sp³-hybridized carbons (Fsp3) is 0.923. The Balaban J connectivity index is 6.12. The van der Waals surface area contributed by atoms with Crippen LogP contribution in [0.3, 0.4) is 0 Å². The van der Waals surface area contributed by atoms with Crippen molar-refractivity contribution in [2.75, 3.05) is 6.61 Å². The first kappa shape index (κ1) is 42.9. The molecule has 0 aromatic carbocycles. The predicted molar refractivity (Wildman–Crippen MR) is 128 cm³/mol. The van der Waals surface area contributed by atoms with Crippen molar-refractivity contribution in [1.29, 1.82) is 0 Å². The van der Waals surface area contributed by atoms with Gasteiger partial charge < -0.3 is 9.47 Å². The number of carbonyl (C=O) groups is 2. The summed E-state index contributed by atoms with van der Waals surface area (Å²) in [5.41, 5.74) is 0. The number of halogens is 15. The molecule has 0 saturated carbocycles. The van der Waals surface area contributed by atoms with E-state index in [0.29, 0.717) is 25.7 Å². The zero-order valence-electron chi connectivity index (χ0n) is 24.3. The third-order valence-corrected chi connectivity index (χ3v) is 6.57. The van der Waals surface area contributed by atoms with Gasteiger partial charge in [-0.3, -0.25) is 9.59 Å². The maximum Gasteiger partial charge on any atom is 0.460 e. The van der Waals surface area contributed by atoms with Gasteiger partial charge in [-0.15, -0.1) is 0 Å². The second-order valence-corrected chi connectivity index (χ2v) is 10.4. The maximum absolute atomic E-state index is 14.5. The Morgan fingerprint density at radius 3 is 1.31 bits per heavy atom. The first-order valence-corrected chi connectivity index (χ1v) is 14.0. The summed E-state index contributed by atoms with van der Waals surface area (Å²) in [5, 5.41) is 0. The van der Waals surface area contributed by atoms with Gasteiger partial charge in [0, 0.05) is 12.8 Å². The molecule has 0 aromatic heterocycles. The molecule has 0 aromatic rings. The van der Waals surface area contributed by atoms with E-state index in [1.165, 1.54) is 0 Å². The minimum absolute atomic E-state index is 0.0441. The molecule has 0 radical (unpaired) electrons. The molecule has 0 aliphatic rings. The number of hydrogen-bond donors (Lipinski definition) is 0. The molecule has 0 spiro atoms. The van der Waals surface area contributed by atoms with Crippen LogP contribution >= 0.6 is 0 Å². The average Bonchev–Trinajstić information content (AvgIpc) is 2.90. The van der Waals surface area contributed by atoms with Crippen molar-refractivity contribution >= 4 is 11.9 Å². The standard InChI is InChI=1S/C26H35F15O4/c1-3-5-7-9-11-13-18(42)44-16-17(45-19(43)14-12-10-8-6-4-2)15-20(27,28)21(29,30)22(31,32)23(33,34)24(35,36)25(37,38)26(39,40)41/h17H,3-16H2,1-2H3. The zero-order valence-corrected chi connectivity index (χ0v) is 24.3. The van der Waals surface area contributed by atoms with Crippen molar-refractivity contribution < 1.29 is 84.9 Å². The highest BCUT2D eigenvalue weighted by molar-refractivity contribution is 5.70. The van der Waals surface area contributed by atoms with Crippen LogP contribution in [0.15, 0.2) is 0 Å². The number of hydrogen-bond acceptors (Lipinski definition) is 4. The fourth-order valence-electron chi connectivity index (χ4n) is 3.80. The number of alkyl halides is 15. The second-order valence-electron chi connectivity index (χ2n) is 10.4. The predicted octanol–water partition coefficient (Wildman–Crippen LogP) is 9.93. The van der Waals surface area contributed by atoms with Gasteiger partial charge in [0.25, 0.3) is 0 Å². The van der Waals surface area contributed by atoms with E-state index in [4.69, 9.17) is 0 Å². The Morgan fingerprint density at radius 1 is 0.511 bits per heavy atom. The zero-order chi connectivity index (χ0) is 35.5. The van der Waals surface area contributed by atoms with E-state index in [9.17, 15) is 75.4 Å². The van der Waals surface area contributed by atoms with E-state index in [-0.39, 0.29) is 19.3 Å². The van der Waals surface area contributed by atoms with Crippen LogP contribution in [0.1, 0.15) is 97.3 Å². The molecule has 0 aliphatic carbocycles. The third-order valence-electron chi connectivity index (χ3n) is 6.57. The first-order valence-electron chi connectivity index (χ1n) is 14.0. The van der Waals surface area contributed by atoms with Crippen LogP contribution in [-0.2, 0) is 19.1 Å². The van der Waals surface area contributed by atoms with Crippen molar-refractivity contribution in [2.24, 2.45) is 0 Å². The maximum atomic E-state index is 14.5. The summed E-state index contributed by atoms with van der Waals surface area (Å²) in [5.74, 6) is -50.2. The first-order chi connectivity index (χ1) is 20.3. The largest absolute Gasteiger partial charge is 0.462 e. The van der Waals surface area contributed by atoms with Gasteiger partial charge >= 0.3 is 53.7 Å². The van der Waals surface area contributed by atoms with E-state index >= 15 is 0 Å². The summed E-state index contributed by atoms with van der Waals surface area (Å²) in [6.07, 6.45) is -8.88. The molecule has 0 aliphatic heterocycles. The molecule has 0 N–H and O–H groups in total. The highest BCUT2D eigenvalue weighted by Crippen LogP contribution is 2.62. The minimum atomic E-state index is -8.43. The van der Waals surface area contributed by atoms with Crippen molar-refractivity contribution in [1.82, 2.24) is 0 Å². The lowest BCUT2D eigenvalue weighted by molar-refractivity contribution is -0.453. The number of carbonyl (C=O) groups excluding carboxylic acids is 2. The normalized spacial score (nSPS) is 14.8. The van der Waals surface area contributed by atoms with Gasteiger partial charge in [0.1, 0.15) is 12.7 Å². The average molecular weight is 697 g/mol. The molecule has 1 atom stereocenters. The van der Waals surface area contributed by atoms with E-state index in [1.807, 2.05) is 13.8 Å². The van der Waals surface area contributed by atoms with Crippen molar-refractivity contribution in [3.63, 3.8) is 0 Å². The minimum Gasteiger partial charge on any atom is -0.462 e. The number of ether oxygens (including phenoxy) is 2. The summed E-state index contributed by atoms with van der Waals surface area (Å²) in [4.78, 5) is 24.0. The van der Waals surface area contributed by atoms with Crippen molar-refractivity contribution in [3.8, 4) is 0 Å². The van der Waals surface area contributed by atoms with Gasteiger partial charge in [-0.05, 0) is 12.8 Å². The number of rotatable bonds is 22. The van der Waals surface area contributed by atoms with Crippen LogP contribution < -0.4 is 0 Å². The molecule has 268 valence electrons. The Bertz CT molecular complexity index is 921.